The number of hydrogen-bond donors (Lipinski definition) is 3. The van der Waals surface area contributed by atoms with Crippen LogP contribution in [0.1, 0.15) is 19.4 Å². The molecule has 0 radical (unpaired) electrons. The molecule has 1 rings (SSSR count). The van der Waals surface area contributed by atoms with Crippen LogP contribution in [0.3, 0.4) is 0 Å². The molecule has 98 valence electrons. The molecular weight excluding hydrogens is 244 g/mol. The lowest BCUT2D eigenvalue weighted by molar-refractivity contribution is 0.133. The second kappa shape index (κ2) is 6.10. The molecule has 0 bridgehead atoms. The first-order valence-corrected chi connectivity index (χ1v) is 6.82. The minimum Gasteiger partial charge on any atom is -0.380 e. The summed E-state index contributed by atoms with van der Waals surface area (Å²) in [5.41, 5.74) is 5.89. The number of aromatic amines is 1. The Hall–Kier alpha value is -0.960. The number of ether oxygens (including phenoxy) is 1. The number of nitrogens with two attached hydrogens (primary N) is 1. The lowest BCUT2D eigenvalue weighted by Crippen LogP contribution is -2.36. The highest BCUT2D eigenvalue weighted by atomic mass is 32.2. The third-order valence-corrected chi connectivity index (χ3v) is 3.70. The van der Waals surface area contributed by atoms with Crippen LogP contribution in [0, 0.1) is 0 Å². The van der Waals surface area contributed by atoms with Crippen LogP contribution in [-0.4, -0.2) is 37.9 Å². The minimum atomic E-state index is -3.62. The van der Waals surface area contributed by atoms with E-state index in [4.69, 9.17) is 10.5 Å². The predicted molar refractivity (Wildman–Crippen MR) is 62.8 cm³/mol. The van der Waals surface area contributed by atoms with Gasteiger partial charge in [0, 0.05) is 24.8 Å². The monoisotopic (exact) mass is 262 g/mol. The van der Waals surface area contributed by atoms with Gasteiger partial charge in [0.15, 0.2) is 5.03 Å². The van der Waals surface area contributed by atoms with Gasteiger partial charge in [-0.2, -0.15) is 5.10 Å². The van der Waals surface area contributed by atoms with E-state index in [1.54, 1.807) is 6.92 Å². The maximum absolute atomic E-state index is 12.0. The van der Waals surface area contributed by atoms with Crippen LogP contribution in [0.25, 0.3) is 0 Å². The Balaban J connectivity index is 2.75. The molecule has 17 heavy (non-hydrogen) atoms. The molecule has 0 spiro atoms. The number of sulfonamides is 1. The van der Waals surface area contributed by atoms with Crippen LogP contribution in [0.15, 0.2) is 11.2 Å². The first-order valence-electron chi connectivity index (χ1n) is 5.33. The maximum atomic E-state index is 12.0. The third-order valence-electron chi connectivity index (χ3n) is 2.10. The molecule has 0 amide bonds. The number of aromatic nitrogens is 2. The fourth-order valence-corrected chi connectivity index (χ4v) is 2.70. The summed E-state index contributed by atoms with van der Waals surface area (Å²) >= 11 is 0. The molecule has 0 aliphatic rings. The van der Waals surface area contributed by atoms with Crippen LogP contribution >= 0.6 is 0 Å². The van der Waals surface area contributed by atoms with Crippen molar-refractivity contribution >= 4 is 10.0 Å². The standard InChI is InChI=1S/C9H18N4O3S/c1-3-16-6-7(2)13-17(14,15)9-8(4-10)5-11-12-9/h5,7,13H,3-4,6,10H2,1-2H3,(H,11,12). The summed E-state index contributed by atoms with van der Waals surface area (Å²) in [5, 5.41) is 6.13. The Morgan fingerprint density at radius 2 is 2.35 bits per heavy atom. The van der Waals surface area contributed by atoms with Crippen molar-refractivity contribution in [3.63, 3.8) is 0 Å². The molecule has 7 nitrogen and oxygen atoms in total. The van der Waals surface area contributed by atoms with Crippen molar-refractivity contribution < 1.29 is 13.2 Å². The van der Waals surface area contributed by atoms with Gasteiger partial charge in [0.2, 0.25) is 0 Å². The highest BCUT2D eigenvalue weighted by Gasteiger charge is 2.22. The first kappa shape index (κ1) is 14.1. The molecule has 0 saturated carbocycles. The van der Waals surface area contributed by atoms with Gasteiger partial charge in [-0.3, -0.25) is 5.10 Å². The van der Waals surface area contributed by atoms with Crippen LogP contribution in [-0.2, 0) is 21.3 Å². The third kappa shape index (κ3) is 3.77. The smallest absolute Gasteiger partial charge is 0.258 e. The lowest BCUT2D eigenvalue weighted by atomic mass is 10.4. The van der Waals surface area contributed by atoms with Gasteiger partial charge in [0.05, 0.1) is 12.8 Å². The Kier molecular flexibility index (Phi) is 5.06. The van der Waals surface area contributed by atoms with E-state index < -0.39 is 10.0 Å². The molecule has 0 aliphatic carbocycles. The topological polar surface area (TPSA) is 110 Å². The van der Waals surface area contributed by atoms with Gasteiger partial charge >= 0.3 is 0 Å². The SMILES string of the molecule is CCOCC(C)NS(=O)(=O)c1[nH]ncc1CN. The number of rotatable bonds is 7. The van der Waals surface area contributed by atoms with Crippen molar-refractivity contribution in [2.45, 2.75) is 31.5 Å². The maximum Gasteiger partial charge on any atom is 0.258 e. The van der Waals surface area contributed by atoms with Gasteiger partial charge in [-0.15, -0.1) is 0 Å². The van der Waals surface area contributed by atoms with Gasteiger partial charge in [-0.25, -0.2) is 13.1 Å². The van der Waals surface area contributed by atoms with Gasteiger partial charge in [-0.05, 0) is 13.8 Å². The van der Waals surface area contributed by atoms with Crippen molar-refractivity contribution in [3.05, 3.63) is 11.8 Å². The second-order valence-electron chi connectivity index (χ2n) is 3.61. The van der Waals surface area contributed by atoms with E-state index in [0.29, 0.717) is 18.8 Å². The summed E-state index contributed by atoms with van der Waals surface area (Å²) in [7, 11) is -3.62. The van der Waals surface area contributed by atoms with Crippen molar-refractivity contribution in [2.24, 2.45) is 5.73 Å². The van der Waals surface area contributed by atoms with E-state index in [-0.39, 0.29) is 17.6 Å². The molecular formula is C9H18N4O3S. The van der Waals surface area contributed by atoms with Crippen molar-refractivity contribution in [1.29, 1.82) is 0 Å². The Morgan fingerprint density at radius 3 is 2.94 bits per heavy atom. The van der Waals surface area contributed by atoms with Crippen LogP contribution < -0.4 is 10.5 Å². The molecule has 1 heterocycles. The fourth-order valence-electron chi connectivity index (χ4n) is 1.33. The van der Waals surface area contributed by atoms with E-state index in [1.807, 2.05) is 6.92 Å². The molecule has 1 atom stereocenters. The average Bonchev–Trinajstić information content (AvgIpc) is 2.74. The average molecular weight is 262 g/mol. The molecule has 1 aromatic heterocycles. The zero-order valence-corrected chi connectivity index (χ0v) is 10.8. The molecule has 4 N–H and O–H groups in total. The summed E-state index contributed by atoms with van der Waals surface area (Å²) in [6.07, 6.45) is 1.40. The Morgan fingerprint density at radius 1 is 1.65 bits per heavy atom. The largest absolute Gasteiger partial charge is 0.380 e. The van der Waals surface area contributed by atoms with Crippen molar-refractivity contribution in [3.8, 4) is 0 Å². The van der Waals surface area contributed by atoms with E-state index in [9.17, 15) is 8.42 Å². The number of H-pyrrole nitrogens is 1. The molecule has 1 unspecified atom stereocenters. The molecule has 1 aromatic rings. The predicted octanol–water partition coefficient (Wildman–Crippen LogP) is -0.428. The molecule has 0 aliphatic heterocycles. The summed E-state index contributed by atoms with van der Waals surface area (Å²) in [4.78, 5) is 0. The van der Waals surface area contributed by atoms with Crippen LogP contribution in [0.5, 0.6) is 0 Å². The number of nitrogens with zero attached hydrogens (tertiary/aromatic N) is 1. The van der Waals surface area contributed by atoms with Crippen molar-refractivity contribution in [1.82, 2.24) is 14.9 Å². The molecule has 8 heteroatoms. The molecule has 0 fully saturated rings. The van der Waals surface area contributed by atoms with Crippen molar-refractivity contribution in [2.75, 3.05) is 13.2 Å². The van der Waals surface area contributed by atoms with E-state index in [0.717, 1.165) is 0 Å². The highest BCUT2D eigenvalue weighted by Crippen LogP contribution is 2.11. The van der Waals surface area contributed by atoms with Crippen LogP contribution in [0.2, 0.25) is 0 Å². The fraction of sp³-hybridized carbons (Fsp3) is 0.667. The Bertz CT molecular complexity index is 443. The van der Waals surface area contributed by atoms with Crippen LogP contribution in [0.4, 0.5) is 0 Å². The van der Waals surface area contributed by atoms with E-state index in [1.165, 1.54) is 6.20 Å². The minimum absolute atomic E-state index is 0.0170. The number of nitrogens with one attached hydrogen (secondary N) is 2. The summed E-state index contributed by atoms with van der Waals surface area (Å²) < 4.78 is 31.5. The quantitative estimate of drug-likeness (QED) is 0.617. The Labute approximate surface area is 101 Å². The normalized spacial score (nSPS) is 13.8. The van der Waals surface area contributed by atoms with Gasteiger partial charge in [0.25, 0.3) is 10.0 Å². The zero-order chi connectivity index (χ0) is 12.9. The van der Waals surface area contributed by atoms with Gasteiger partial charge in [-0.1, -0.05) is 0 Å². The number of hydrogen-bond acceptors (Lipinski definition) is 5. The summed E-state index contributed by atoms with van der Waals surface area (Å²) in [6, 6.07) is -0.311. The summed E-state index contributed by atoms with van der Waals surface area (Å²) in [6.45, 7) is 4.56. The molecule has 0 aromatic carbocycles. The highest BCUT2D eigenvalue weighted by molar-refractivity contribution is 7.89. The second-order valence-corrected chi connectivity index (χ2v) is 5.26. The zero-order valence-electron chi connectivity index (χ0n) is 9.93. The van der Waals surface area contributed by atoms with Gasteiger partial charge < -0.3 is 10.5 Å². The first-order chi connectivity index (χ1) is 8.01. The van der Waals surface area contributed by atoms with E-state index in [2.05, 4.69) is 14.9 Å². The van der Waals surface area contributed by atoms with Gasteiger partial charge in [0.1, 0.15) is 0 Å². The van der Waals surface area contributed by atoms with E-state index >= 15 is 0 Å². The molecule has 0 saturated heterocycles. The lowest BCUT2D eigenvalue weighted by Gasteiger charge is -2.13. The summed E-state index contributed by atoms with van der Waals surface area (Å²) in [5.74, 6) is 0.